The first-order valence-electron chi connectivity index (χ1n) is 6.36. The number of rotatable bonds is 1. The summed E-state index contributed by atoms with van der Waals surface area (Å²) in [5, 5.41) is 0. The number of ether oxygens (including phenoxy) is 1. The minimum Gasteiger partial charge on any atom is -0.444 e. The van der Waals surface area contributed by atoms with Crippen molar-refractivity contribution in [2.24, 2.45) is 11.8 Å². The number of amides is 1. The second-order valence-corrected chi connectivity index (χ2v) is 5.59. The molecule has 1 fully saturated rings. The smallest absolute Gasteiger partial charge is 0.410 e. The van der Waals surface area contributed by atoms with Crippen molar-refractivity contribution in [3.63, 3.8) is 0 Å². The van der Waals surface area contributed by atoms with Crippen LogP contribution in [0.15, 0.2) is 0 Å². The summed E-state index contributed by atoms with van der Waals surface area (Å²) in [6.07, 6.45) is -3.77. The molecule has 1 saturated heterocycles. The van der Waals surface area contributed by atoms with Gasteiger partial charge in [0.2, 0.25) is 6.40 Å². The molecule has 0 spiro atoms. The highest BCUT2D eigenvalue weighted by Crippen LogP contribution is 2.29. The molecular weight excluding hydrogens is 228 g/mol. The Morgan fingerprint density at radius 1 is 1.53 bits per heavy atom. The molecule has 1 aliphatic heterocycles. The van der Waals surface area contributed by atoms with Crippen LogP contribution in [0.2, 0.25) is 0 Å². The second-order valence-electron chi connectivity index (χ2n) is 5.59. The van der Waals surface area contributed by atoms with Gasteiger partial charge >= 0.3 is 6.09 Å². The third-order valence-corrected chi connectivity index (χ3v) is 2.84. The third-order valence-electron chi connectivity index (χ3n) is 2.84. The molecular formula is C12H21F2NO2. The number of carbonyl (C=O) groups excluding carboxylic acids is 1. The number of carbonyl (C=O) groups is 1. The SMILES string of the molecule is [2H]C(F)(F)[C@H]1CCN(C(=O)OC(C)(C)C)C[C@H]1C. The number of piperidine rings is 1. The van der Waals surface area contributed by atoms with Gasteiger partial charge in [0.25, 0.3) is 0 Å². The number of likely N-dealkylation sites (tertiary alicyclic amines) is 1. The average molecular weight is 250 g/mol. The van der Waals surface area contributed by atoms with Gasteiger partial charge in [-0.15, -0.1) is 0 Å². The van der Waals surface area contributed by atoms with E-state index in [1.807, 2.05) is 0 Å². The molecule has 0 aromatic rings. The molecule has 1 amide bonds. The van der Waals surface area contributed by atoms with Crippen molar-refractivity contribution in [1.29, 1.82) is 0 Å². The van der Waals surface area contributed by atoms with Crippen molar-refractivity contribution in [2.75, 3.05) is 13.1 Å². The van der Waals surface area contributed by atoms with Crippen molar-refractivity contribution < 1.29 is 19.7 Å². The standard InChI is InChI=1S/C12H21F2NO2/c1-8-7-15(6-5-9(8)10(13)14)11(16)17-12(2,3)4/h8-10H,5-7H2,1-4H3/t8-,9+/m1/s1/i10D. The van der Waals surface area contributed by atoms with Gasteiger partial charge in [-0.2, -0.15) is 0 Å². The minimum absolute atomic E-state index is 0.136. The Labute approximate surface area is 103 Å². The quantitative estimate of drug-likeness (QED) is 0.715. The van der Waals surface area contributed by atoms with Crippen LogP contribution in [0.25, 0.3) is 0 Å². The van der Waals surface area contributed by atoms with Crippen molar-refractivity contribution in [3.05, 3.63) is 0 Å². The highest BCUT2D eigenvalue weighted by atomic mass is 19.3. The van der Waals surface area contributed by atoms with Crippen LogP contribution in [0.5, 0.6) is 0 Å². The van der Waals surface area contributed by atoms with E-state index in [1.165, 1.54) is 4.90 Å². The summed E-state index contributed by atoms with van der Waals surface area (Å²) >= 11 is 0. The molecule has 0 unspecified atom stereocenters. The van der Waals surface area contributed by atoms with Gasteiger partial charge in [0.15, 0.2) is 0 Å². The van der Waals surface area contributed by atoms with E-state index < -0.39 is 29.9 Å². The van der Waals surface area contributed by atoms with E-state index >= 15 is 0 Å². The van der Waals surface area contributed by atoms with E-state index in [9.17, 15) is 13.6 Å². The lowest BCUT2D eigenvalue weighted by molar-refractivity contribution is -0.0175. The Morgan fingerprint density at radius 2 is 2.12 bits per heavy atom. The van der Waals surface area contributed by atoms with Crippen molar-refractivity contribution in [1.82, 2.24) is 4.90 Å². The third kappa shape index (κ3) is 4.13. The minimum atomic E-state index is -3.43. The van der Waals surface area contributed by atoms with Crippen LogP contribution in [-0.4, -0.2) is 36.1 Å². The fourth-order valence-electron chi connectivity index (χ4n) is 1.96. The lowest BCUT2D eigenvalue weighted by atomic mass is 9.87. The maximum absolute atomic E-state index is 13.0. The average Bonchev–Trinajstić information content (AvgIpc) is 2.12. The topological polar surface area (TPSA) is 29.5 Å². The van der Waals surface area contributed by atoms with E-state index in [4.69, 9.17) is 6.11 Å². The Morgan fingerprint density at radius 3 is 2.53 bits per heavy atom. The maximum Gasteiger partial charge on any atom is 0.410 e. The first kappa shape index (κ1) is 12.6. The maximum atomic E-state index is 13.0. The van der Waals surface area contributed by atoms with E-state index in [1.54, 1.807) is 27.7 Å². The molecule has 1 aliphatic rings. The van der Waals surface area contributed by atoms with Gasteiger partial charge in [-0.05, 0) is 33.1 Å². The summed E-state index contributed by atoms with van der Waals surface area (Å²) in [6.45, 7) is 7.37. The molecule has 17 heavy (non-hydrogen) atoms. The van der Waals surface area contributed by atoms with Gasteiger partial charge in [-0.3, -0.25) is 0 Å². The second kappa shape index (κ2) is 5.19. The van der Waals surface area contributed by atoms with Gasteiger partial charge in [0.1, 0.15) is 6.97 Å². The van der Waals surface area contributed by atoms with E-state index in [-0.39, 0.29) is 19.5 Å². The summed E-state index contributed by atoms with van der Waals surface area (Å²) in [5.74, 6) is -1.39. The summed E-state index contributed by atoms with van der Waals surface area (Å²) in [7, 11) is 0. The Bertz CT molecular complexity index is 312. The molecule has 1 heterocycles. The zero-order valence-electron chi connectivity index (χ0n) is 11.8. The zero-order valence-corrected chi connectivity index (χ0v) is 10.8. The molecule has 100 valence electrons. The lowest BCUT2D eigenvalue weighted by Crippen LogP contribution is -2.46. The van der Waals surface area contributed by atoms with E-state index in [2.05, 4.69) is 0 Å². The summed E-state index contributed by atoms with van der Waals surface area (Å²) < 4.78 is 38.0. The molecule has 3 nitrogen and oxygen atoms in total. The van der Waals surface area contributed by atoms with Crippen LogP contribution in [-0.2, 0) is 4.74 Å². The number of hydrogen-bond donors (Lipinski definition) is 0. The van der Waals surface area contributed by atoms with Gasteiger partial charge in [-0.1, -0.05) is 6.92 Å². The number of hydrogen-bond acceptors (Lipinski definition) is 2. The van der Waals surface area contributed by atoms with Crippen LogP contribution in [0, 0.1) is 11.8 Å². The monoisotopic (exact) mass is 250 g/mol. The molecule has 0 aromatic carbocycles. The molecule has 1 rings (SSSR count). The van der Waals surface area contributed by atoms with Gasteiger partial charge in [0.05, 0.1) is 0 Å². The summed E-state index contributed by atoms with van der Waals surface area (Å²) in [4.78, 5) is 13.2. The fraction of sp³-hybridized carbons (Fsp3) is 0.917. The van der Waals surface area contributed by atoms with E-state index in [0.29, 0.717) is 0 Å². The summed E-state index contributed by atoms with van der Waals surface area (Å²) in [5.41, 5.74) is -0.587. The Hall–Kier alpha value is -0.870. The molecule has 0 bridgehead atoms. The lowest BCUT2D eigenvalue weighted by Gasteiger charge is -2.37. The molecule has 5 heteroatoms. The first-order valence-corrected chi connectivity index (χ1v) is 5.86. The predicted octanol–water partition coefficient (Wildman–Crippen LogP) is 3.14. The molecule has 2 atom stereocenters. The number of nitrogens with zero attached hydrogens (tertiary/aromatic N) is 1. The zero-order chi connectivity index (χ0) is 14.1. The van der Waals surface area contributed by atoms with Crippen LogP contribution in [0.1, 0.15) is 35.5 Å². The summed E-state index contributed by atoms with van der Waals surface area (Å²) in [6, 6.07) is 0. The predicted molar refractivity (Wildman–Crippen MR) is 61.1 cm³/mol. The van der Waals surface area contributed by atoms with Gasteiger partial charge in [-0.25, -0.2) is 13.6 Å². The Balaban J connectivity index is 2.59. The molecule has 0 aromatic heterocycles. The normalized spacial score (nSPS) is 27.6. The van der Waals surface area contributed by atoms with Crippen LogP contribution >= 0.6 is 0 Å². The molecule has 0 radical (unpaired) electrons. The van der Waals surface area contributed by atoms with Crippen molar-refractivity contribution in [3.8, 4) is 0 Å². The van der Waals surface area contributed by atoms with Crippen LogP contribution < -0.4 is 0 Å². The Kier molecular flexibility index (Phi) is 3.84. The highest BCUT2D eigenvalue weighted by molar-refractivity contribution is 5.68. The highest BCUT2D eigenvalue weighted by Gasteiger charge is 2.35. The van der Waals surface area contributed by atoms with Crippen molar-refractivity contribution >= 4 is 6.09 Å². The first-order chi connectivity index (χ1) is 8.00. The van der Waals surface area contributed by atoms with Gasteiger partial charge in [0, 0.05) is 19.0 Å². The van der Waals surface area contributed by atoms with Crippen molar-refractivity contribution in [2.45, 2.75) is 46.1 Å². The number of alkyl halides is 2. The fourth-order valence-corrected chi connectivity index (χ4v) is 1.96. The number of halogens is 2. The molecule has 0 saturated carbocycles. The van der Waals surface area contributed by atoms with Gasteiger partial charge < -0.3 is 9.64 Å². The molecule has 0 N–H and O–H groups in total. The largest absolute Gasteiger partial charge is 0.444 e. The molecule has 0 aliphatic carbocycles. The van der Waals surface area contributed by atoms with Crippen LogP contribution in [0.4, 0.5) is 13.6 Å². The van der Waals surface area contributed by atoms with Crippen LogP contribution in [0.3, 0.4) is 0 Å². The van der Waals surface area contributed by atoms with E-state index in [0.717, 1.165) is 0 Å².